The average molecular weight is 674 g/mol. The topological polar surface area (TPSA) is 253 Å². The SMILES string of the molecule is CC(=O)[O-].CC(=O)[O-].CC(=O)[O-].CO.COc1cccc(C=NCC([O-])CN=Cc2cccc(OC)c2[O-])c1[O-].[Mn+3].[Mn+3]. The second-order valence-corrected chi connectivity index (χ2v) is 6.84. The molecule has 232 valence electrons. The van der Waals surface area contributed by atoms with Crippen molar-refractivity contribution in [3.8, 4) is 23.0 Å². The Morgan fingerprint density at radius 2 is 1.00 bits per heavy atom. The largest absolute Gasteiger partial charge is 3.00 e. The first-order valence-electron chi connectivity index (χ1n) is 11.1. The van der Waals surface area contributed by atoms with E-state index in [-0.39, 0.29) is 70.2 Å². The molecule has 0 radical (unpaired) electrons. The number of hydrogen-bond donors (Lipinski definition) is 1. The maximum Gasteiger partial charge on any atom is 3.00 e. The number of benzene rings is 2. The number of aliphatic imine (C=N–C) groups is 2. The number of methoxy groups -OCH3 is 2. The summed E-state index contributed by atoms with van der Waals surface area (Å²) >= 11 is 0. The fraction of sp³-hybridized carbons (Fsp3) is 0.346. The van der Waals surface area contributed by atoms with Crippen LogP contribution in [0.2, 0.25) is 0 Å². The molecule has 0 saturated heterocycles. The Bertz CT molecular complexity index is 977. The van der Waals surface area contributed by atoms with Gasteiger partial charge in [0.2, 0.25) is 0 Å². The molecule has 2 aromatic carbocycles. The molecule has 2 rings (SSSR count). The number of carbonyl (C=O) groups excluding carboxylic acids is 3. The molecule has 0 spiro atoms. The van der Waals surface area contributed by atoms with E-state index in [1.54, 1.807) is 36.4 Å². The number of nitrogens with zero attached hydrogens (tertiary/aromatic N) is 2. The third kappa shape index (κ3) is 27.9. The molecule has 0 saturated carbocycles. The fourth-order valence-electron chi connectivity index (χ4n) is 2.19. The molecule has 0 amide bonds. The maximum absolute atomic E-state index is 11.9. The minimum atomic E-state index is -1.08. The molecular weight excluding hydrogens is 642 g/mol. The van der Waals surface area contributed by atoms with E-state index in [0.717, 1.165) is 27.9 Å². The average Bonchev–Trinajstić information content (AvgIpc) is 2.86. The molecule has 0 bridgehead atoms. The quantitative estimate of drug-likeness (QED) is 0.208. The Labute approximate surface area is 265 Å². The van der Waals surface area contributed by atoms with Crippen LogP contribution >= 0.6 is 0 Å². The number of aliphatic hydroxyl groups is 1. The molecule has 0 aliphatic rings. The Morgan fingerprint density at radius 3 is 1.24 bits per heavy atom. The van der Waals surface area contributed by atoms with Crippen LogP contribution in [0.4, 0.5) is 0 Å². The minimum absolute atomic E-state index is 0. The van der Waals surface area contributed by atoms with Gasteiger partial charge in [0.25, 0.3) is 0 Å². The van der Waals surface area contributed by atoms with E-state index in [2.05, 4.69) is 9.98 Å². The molecule has 16 heteroatoms. The molecule has 0 heterocycles. The molecule has 0 atom stereocenters. The molecule has 42 heavy (non-hydrogen) atoms. The van der Waals surface area contributed by atoms with Crippen molar-refractivity contribution < 1.29 is 93.7 Å². The van der Waals surface area contributed by atoms with Crippen molar-refractivity contribution in [3.63, 3.8) is 0 Å². The van der Waals surface area contributed by atoms with Crippen molar-refractivity contribution in [2.24, 2.45) is 9.98 Å². The van der Waals surface area contributed by atoms with Crippen LogP contribution < -0.4 is 40.1 Å². The van der Waals surface area contributed by atoms with E-state index in [0.29, 0.717) is 11.1 Å². The number of hydrogen-bond acceptors (Lipinski definition) is 14. The van der Waals surface area contributed by atoms with E-state index in [1.807, 2.05) is 0 Å². The van der Waals surface area contributed by atoms with Gasteiger partial charge in [0, 0.05) is 50.5 Å². The van der Waals surface area contributed by atoms with Crippen molar-refractivity contribution >= 4 is 30.3 Å². The molecule has 2 aromatic rings. The third-order valence-corrected chi connectivity index (χ3v) is 3.54. The molecule has 0 unspecified atom stereocenters. The second-order valence-electron chi connectivity index (χ2n) is 6.84. The zero-order valence-corrected chi connectivity index (χ0v) is 26.1. The molecule has 1 N–H and O–H groups in total. The van der Waals surface area contributed by atoms with Gasteiger partial charge in [-0.15, -0.1) is 0 Å². The summed E-state index contributed by atoms with van der Waals surface area (Å²) in [5, 5.41) is 69.4. The number of aliphatic hydroxyl groups excluding tert-OH is 1. The number of para-hydroxylation sites is 2. The first kappa shape index (κ1) is 48.1. The summed E-state index contributed by atoms with van der Waals surface area (Å²) < 4.78 is 9.89. The van der Waals surface area contributed by atoms with Crippen molar-refractivity contribution in [1.29, 1.82) is 0 Å². The van der Waals surface area contributed by atoms with Gasteiger partial charge in [-0.3, -0.25) is 9.98 Å². The van der Waals surface area contributed by atoms with Gasteiger partial charge in [-0.25, -0.2) is 0 Å². The first-order valence-corrected chi connectivity index (χ1v) is 11.1. The summed E-state index contributed by atoms with van der Waals surface area (Å²) in [5.74, 6) is -3.35. The number of aliphatic carboxylic acids is 3. The zero-order valence-electron chi connectivity index (χ0n) is 23.7. The summed E-state index contributed by atoms with van der Waals surface area (Å²) in [6, 6.07) is 9.68. The Kier molecular flexibility index (Phi) is 34.7. The Balaban J connectivity index is -0.000000240. The smallest absolute Gasteiger partial charge is 0.870 e. The van der Waals surface area contributed by atoms with Crippen LogP contribution in [0.5, 0.6) is 23.0 Å². The van der Waals surface area contributed by atoms with Crippen molar-refractivity contribution in [3.05, 3.63) is 47.5 Å². The van der Waals surface area contributed by atoms with Gasteiger partial charge in [0.1, 0.15) is 11.5 Å². The Morgan fingerprint density at radius 1 is 0.738 bits per heavy atom. The number of ether oxygens (including phenoxy) is 2. The van der Waals surface area contributed by atoms with Crippen molar-refractivity contribution in [2.45, 2.75) is 26.9 Å². The standard InChI is InChI=1S/C19H21N2O5.3C2H4O2.CH4O.2Mn/c1-25-16-7-3-5-13(18(16)23)9-20-11-15(22)12-21-10-14-6-4-8-17(26-2)19(14)24;3*1-2(3)4;1-2;;/h3-10,15,23-24H,11-12H2,1-2H3;3*1H3,(H,3,4);2H,1H3;;/q-1;;;;;2*+3/p-5. The number of rotatable bonds is 8. The van der Waals surface area contributed by atoms with Gasteiger partial charge in [-0.05, 0) is 44.0 Å². The summed E-state index contributed by atoms with van der Waals surface area (Å²) in [7, 11) is 3.83. The van der Waals surface area contributed by atoms with Crippen molar-refractivity contribution in [2.75, 3.05) is 34.4 Å². The van der Waals surface area contributed by atoms with Crippen LogP contribution in [-0.4, -0.2) is 76.0 Å². The first-order chi connectivity index (χ1) is 18.8. The van der Waals surface area contributed by atoms with E-state index >= 15 is 0 Å². The van der Waals surface area contributed by atoms with E-state index in [4.69, 9.17) is 44.3 Å². The molecule has 0 fully saturated rings. The summed E-state index contributed by atoms with van der Waals surface area (Å²) in [6.07, 6.45) is 1.64. The number of carboxylic acid groups (broad SMARTS) is 3. The fourth-order valence-corrected chi connectivity index (χ4v) is 2.19. The summed E-state index contributed by atoms with van der Waals surface area (Å²) in [4.78, 5) is 34.7. The van der Waals surface area contributed by atoms with Crippen LogP contribution in [0.3, 0.4) is 0 Å². The van der Waals surface area contributed by atoms with E-state index < -0.39 is 24.0 Å². The predicted octanol–water partition coefficient (Wildman–Crippen LogP) is -4.01. The summed E-state index contributed by atoms with van der Waals surface area (Å²) in [5.41, 5.74) is 0.708. The van der Waals surface area contributed by atoms with Crippen LogP contribution in [-0.2, 0) is 48.5 Å². The van der Waals surface area contributed by atoms with Gasteiger partial charge in [0.05, 0.1) is 14.2 Å². The van der Waals surface area contributed by atoms with Crippen LogP contribution in [0.15, 0.2) is 46.4 Å². The molecule has 14 nitrogen and oxygen atoms in total. The minimum Gasteiger partial charge on any atom is -0.870 e. The monoisotopic (exact) mass is 674 g/mol. The number of carboxylic acids is 3. The van der Waals surface area contributed by atoms with Gasteiger partial charge in [-0.2, -0.15) is 0 Å². The van der Waals surface area contributed by atoms with Gasteiger partial charge >= 0.3 is 34.1 Å². The normalized spacial score (nSPS) is 9.71. The van der Waals surface area contributed by atoms with Gasteiger partial charge in [-0.1, -0.05) is 41.9 Å². The molecule has 0 aliphatic carbocycles. The molecule has 0 aromatic heterocycles. The van der Waals surface area contributed by atoms with Gasteiger partial charge in [0.15, 0.2) is 0 Å². The van der Waals surface area contributed by atoms with Crippen LogP contribution in [0.1, 0.15) is 31.9 Å². The number of carbonyl (C=O) groups is 3. The van der Waals surface area contributed by atoms with Crippen LogP contribution in [0.25, 0.3) is 0 Å². The predicted molar refractivity (Wildman–Crippen MR) is 134 cm³/mol. The van der Waals surface area contributed by atoms with Gasteiger partial charge < -0.3 is 59.6 Å². The van der Waals surface area contributed by atoms with E-state index in [9.17, 15) is 15.3 Å². The summed E-state index contributed by atoms with van der Waals surface area (Å²) in [6.45, 7) is 2.85. The van der Waals surface area contributed by atoms with Crippen LogP contribution in [0, 0.1) is 0 Å². The third-order valence-electron chi connectivity index (χ3n) is 3.54. The maximum atomic E-state index is 11.9. The van der Waals surface area contributed by atoms with Crippen molar-refractivity contribution in [1.82, 2.24) is 0 Å². The second kappa shape index (κ2) is 30.3. The zero-order chi connectivity index (χ0) is 31.7. The van der Waals surface area contributed by atoms with E-state index in [1.165, 1.54) is 26.6 Å². The molecule has 0 aliphatic heterocycles. The molecular formula is C26H32Mn2N2O12. The Hall–Kier alpha value is -3.65.